The summed E-state index contributed by atoms with van der Waals surface area (Å²) >= 11 is 0. The molecule has 0 bridgehead atoms. The fourth-order valence-electron chi connectivity index (χ4n) is 10.3. The molecule has 0 saturated heterocycles. The van der Waals surface area contributed by atoms with Crippen molar-refractivity contribution in [2.45, 2.75) is 128 Å². The van der Waals surface area contributed by atoms with Gasteiger partial charge >= 0.3 is 5.97 Å². The Morgan fingerprint density at radius 2 is 1.06 bits per heavy atom. The summed E-state index contributed by atoms with van der Waals surface area (Å²) in [6.07, 6.45) is 5.84. The largest absolute Gasteiger partial charge is 0.459 e. The Kier molecular flexibility index (Phi) is 15.8. The number of aliphatic hydroxyl groups is 1. The number of ether oxygens (including phenoxy) is 1. The molecule has 6 rings (SSSR count). The van der Waals surface area contributed by atoms with E-state index in [2.05, 4.69) is 190 Å². The third-order valence-electron chi connectivity index (χ3n) is 13.7. The molecule has 5 atom stereocenters. The summed E-state index contributed by atoms with van der Waals surface area (Å²) in [5.74, 6) is 0.297. The van der Waals surface area contributed by atoms with Crippen molar-refractivity contribution in [3.63, 3.8) is 0 Å². The molecular formula is C56H72O5Si2. The number of carbonyl (C=O) groups excluding carboxylic acids is 1. The maximum absolute atomic E-state index is 14.1. The van der Waals surface area contributed by atoms with Gasteiger partial charge < -0.3 is 18.7 Å². The standard InChI is InChI=1S/C56H72O5Si2/c1-43-35-39-51(56(8,9)44-25-15-10-16-26-44)52(41-43)60-53(58)40-38-46(61-63(55(5,6)7,49-31-21-13-22-32-49)50-33-23-14-24-34-50)37-36-45(57)42-59-62(54(2,3)4,47-27-17-11-18-28-47)48-29-19-12-20-30-48/h10-34,38,40,43,45-46,51-52,57H,35-37,39,41-42H2,1-9H3/b40-38+/t43-,45+,46-,51-,52-/m1/s1. The first-order valence-corrected chi connectivity index (χ1v) is 27.0. The van der Waals surface area contributed by atoms with E-state index in [4.69, 9.17) is 13.6 Å². The van der Waals surface area contributed by atoms with Crippen molar-refractivity contribution in [1.29, 1.82) is 0 Å². The van der Waals surface area contributed by atoms with Gasteiger partial charge in [0.1, 0.15) is 6.10 Å². The highest BCUT2D eigenvalue weighted by Gasteiger charge is 2.52. The van der Waals surface area contributed by atoms with Crippen LogP contribution in [-0.4, -0.2) is 52.6 Å². The molecule has 7 heteroatoms. The van der Waals surface area contributed by atoms with E-state index in [1.165, 1.54) is 15.9 Å². The molecule has 334 valence electrons. The Morgan fingerprint density at radius 1 is 0.635 bits per heavy atom. The minimum absolute atomic E-state index is 0.169. The summed E-state index contributed by atoms with van der Waals surface area (Å²) in [5, 5.41) is 16.1. The van der Waals surface area contributed by atoms with Gasteiger partial charge in [0.2, 0.25) is 0 Å². The summed E-state index contributed by atoms with van der Waals surface area (Å²) in [6, 6.07) is 52.9. The number of esters is 1. The Balaban J connectivity index is 1.31. The van der Waals surface area contributed by atoms with Crippen molar-refractivity contribution < 1.29 is 23.5 Å². The van der Waals surface area contributed by atoms with Crippen LogP contribution in [-0.2, 0) is 23.8 Å². The second-order valence-electron chi connectivity index (χ2n) is 20.5. The van der Waals surface area contributed by atoms with Crippen LogP contribution < -0.4 is 20.7 Å². The van der Waals surface area contributed by atoms with Crippen LogP contribution in [0, 0.1) is 11.8 Å². The number of hydrogen-bond acceptors (Lipinski definition) is 5. The molecule has 5 nitrogen and oxygen atoms in total. The van der Waals surface area contributed by atoms with Crippen molar-refractivity contribution >= 4 is 43.4 Å². The summed E-state index contributed by atoms with van der Waals surface area (Å²) in [6.45, 7) is 20.6. The van der Waals surface area contributed by atoms with Crippen LogP contribution in [0.3, 0.4) is 0 Å². The van der Waals surface area contributed by atoms with Gasteiger partial charge in [0.15, 0.2) is 0 Å². The van der Waals surface area contributed by atoms with E-state index < -0.39 is 28.8 Å². The minimum Gasteiger partial charge on any atom is -0.459 e. The Morgan fingerprint density at radius 3 is 1.51 bits per heavy atom. The third-order valence-corrected chi connectivity index (χ3v) is 23.7. The number of aliphatic hydroxyl groups excluding tert-OH is 1. The molecule has 0 unspecified atom stereocenters. The molecule has 1 N–H and O–H groups in total. The summed E-state index contributed by atoms with van der Waals surface area (Å²) < 4.78 is 21.3. The zero-order chi connectivity index (χ0) is 45.3. The monoisotopic (exact) mass is 880 g/mol. The van der Waals surface area contributed by atoms with Crippen LogP contribution in [0.2, 0.25) is 10.1 Å². The van der Waals surface area contributed by atoms with Crippen molar-refractivity contribution in [1.82, 2.24) is 0 Å². The first-order valence-electron chi connectivity index (χ1n) is 23.2. The fraction of sp³-hybridized carbons (Fsp3) is 0.411. The quantitative estimate of drug-likeness (QED) is 0.0573. The van der Waals surface area contributed by atoms with E-state index in [1.807, 2.05) is 30.3 Å². The average Bonchev–Trinajstić information content (AvgIpc) is 3.27. The van der Waals surface area contributed by atoms with Gasteiger partial charge in [-0.3, -0.25) is 0 Å². The van der Waals surface area contributed by atoms with Crippen molar-refractivity contribution in [2.24, 2.45) is 11.8 Å². The molecule has 0 aromatic heterocycles. The lowest BCUT2D eigenvalue weighted by Crippen LogP contribution is -2.67. The van der Waals surface area contributed by atoms with Crippen LogP contribution in [0.25, 0.3) is 0 Å². The molecule has 0 amide bonds. The summed E-state index contributed by atoms with van der Waals surface area (Å²) in [7, 11) is -5.93. The van der Waals surface area contributed by atoms with E-state index in [0.717, 1.165) is 29.6 Å². The second kappa shape index (κ2) is 20.6. The molecule has 1 aliphatic rings. The predicted octanol–water partition coefficient (Wildman–Crippen LogP) is 10.5. The smallest absolute Gasteiger partial charge is 0.330 e. The molecule has 1 saturated carbocycles. The lowest BCUT2D eigenvalue weighted by atomic mass is 9.64. The molecule has 0 radical (unpaired) electrons. The summed E-state index contributed by atoms with van der Waals surface area (Å²) in [4.78, 5) is 14.1. The summed E-state index contributed by atoms with van der Waals surface area (Å²) in [5.41, 5.74) is 1.09. The second-order valence-corrected chi connectivity index (χ2v) is 29.0. The van der Waals surface area contributed by atoms with Crippen molar-refractivity contribution in [2.75, 3.05) is 6.61 Å². The van der Waals surface area contributed by atoms with Crippen molar-refractivity contribution in [3.05, 3.63) is 169 Å². The number of hydrogen-bond donors (Lipinski definition) is 1. The Bertz CT molecular complexity index is 2100. The molecule has 0 aliphatic heterocycles. The van der Waals surface area contributed by atoms with E-state index >= 15 is 0 Å². The maximum Gasteiger partial charge on any atom is 0.330 e. The minimum atomic E-state index is -3.05. The highest BCUT2D eigenvalue weighted by molar-refractivity contribution is 7.00. The van der Waals surface area contributed by atoms with Gasteiger partial charge in [-0.15, -0.1) is 0 Å². The lowest BCUT2D eigenvalue weighted by molar-refractivity contribution is -0.150. The van der Waals surface area contributed by atoms with E-state index in [9.17, 15) is 9.90 Å². The van der Waals surface area contributed by atoms with E-state index in [-0.39, 0.29) is 40.1 Å². The van der Waals surface area contributed by atoms with Gasteiger partial charge in [0.05, 0.1) is 18.8 Å². The fourth-order valence-corrected chi connectivity index (χ4v) is 19.5. The normalized spacial score (nSPS) is 18.8. The van der Waals surface area contributed by atoms with Gasteiger partial charge in [-0.1, -0.05) is 220 Å². The van der Waals surface area contributed by atoms with E-state index in [0.29, 0.717) is 18.8 Å². The number of carbonyl (C=O) groups is 1. The Labute approximate surface area is 381 Å². The van der Waals surface area contributed by atoms with Crippen LogP contribution in [0.5, 0.6) is 0 Å². The molecule has 5 aromatic rings. The zero-order valence-corrected chi connectivity index (χ0v) is 41.3. The van der Waals surface area contributed by atoms with Gasteiger partial charge in [0.25, 0.3) is 16.6 Å². The molecule has 1 fully saturated rings. The highest BCUT2D eigenvalue weighted by Crippen LogP contribution is 2.44. The van der Waals surface area contributed by atoms with Gasteiger partial charge in [-0.2, -0.15) is 0 Å². The molecule has 5 aromatic carbocycles. The van der Waals surface area contributed by atoms with E-state index in [1.54, 1.807) is 6.08 Å². The average molecular weight is 881 g/mol. The number of benzene rings is 5. The zero-order valence-electron chi connectivity index (χ0n) is 39.3. The topological polar surface area (TPSA) is 65.0 Å². The first-order chi connectivity index (χ1) is 30.0. The van der Waals surface area contributed by atoms with Crippen molar-refractivity contribution in [3.8, 4) is 0 Å². The first kappa shape index (κ1) is 48.1. The Hall–Kier alpha value is -4.38. The molecule has 63 heavy (non-hydrogen) atoms. The van der Waals surface area contributed by atoms with Gasteiger partial charge in [-0.25, -0.2) is 4.79 Å². The molecular weight excluding hydrogens is 809 g/mol. The molecule has 0 heterocycles. The van der Waals surface area contributed by atoms with Gasteiger partial charge in [0, 0.05) is 12.0 Å². The number of rotatable bonds is 17. The molecule has 0 spiro atoms. The van der Waals surface area contributed by atoms with Crippen LogP contribution in [0.15, 0.2) is 164 Å². The van der Waals surface area contributed by atoms with Crippen LogP contribution >= 0.6 is 0 Å². The van der Waals surface area contributed by atoms with Crippen LogP contribution in [0.1, 0.15) is 100.0 Å². The van der Waals surface area contributed by atoms with Gasteiger partial charge in [-0.05, 0) is 79.5 Å². The lowest BCUT2D eigenvalue weighted by Gasteiger charge is -2.45. The molecule has 1 aliphatic carbocycles. The SMILES string of the molecule is C[C@@H]1CC[C@@H](C(C)(C)c2ccccc2)[C@H](OC(=O)/C=C/[C@@H](CC[C@H](O)CO[Si](c2ccccc2)(c2ccccc2)C(C)(C)C)O[Si](c2ccccc2)(c2ccccc2)C(C)(C)C)C1. The highest BCUT2D eigenvalue weighted by atomic mass is 28.4. The van der Waals surface area contributed by atoms with Crippen LogP contribution in [0.4, 0.5) is 0 Å². The maximum atomic E-state index is 14.1. The third kappa shape index (κ3) is 10.9. The predicted molar refractivity (Wildman–Crippen MR) is 266 cm³/mol.